The van der Waals surface area contributed by atoms with Crippen LogP contribution in [0.4, 0.5) is 4.39 Å². The van der Waals surface area contributed by atoms with Gasteiger partial charge in [0.1, 0.15) is 5.82 Å². The van der Waals surface area contributed by atoms with Crippen LogP contribution in [0.2, 0.25) is 0 Å². The largest absolute Gasteiger partial charge is 0.340 e. The molecule has 3 heteroatoms. The number of carbonyl (C=O) groups is 1. The molecule has 0 spiro atoms. The van der Waals surface area contributed by atoms with Gasteiger partial charge in [-0.25, -0.2) is 4.39 Å². The van der Waals surface area contributed by atoms with Crippen molar-refractivity contribution in [2.45, 2.75) is 38.6 Å². The average molecular weight is 261 g/mol. The number of carbonyl (C=O) groups excluding carboxylic acids is 1. The number of likely N-dealkylation sites (tertiary alicyclic amines) is 1. The first-order chi connectivity index (χ1) is 9.11. The minimum Gasteiger partial charge on any atom is -0.340 e. The van der Waals surface area contributed by atoms with E-state index in [0.29, 0.717) is 5.56 Å². The van der Waals surface area contributed by atoms with E-state index in [4.69, 9.17) is 0 Å². The number of rotatable bonds is 3. The van der Waals surface area contributed by atoms with Crippen LogP contribution in [-0.2, 0) is 11.2 Å². The molecule has 0 aromatic heterocycles. The first kappa shape index (κ1) is 13.8. The molecule has 1 aliphatic heterocycles. The van der Waals surface area contributed by atoms with Gasteiger partial charge in [0.05, 0.1) is 6.42 Å². The molecule has 1 aromatic carbocycles. The van der Waals surface area contributed by atoms with Gasteiger partial charge < -0.3 is 4.90 Å². The third kappa shape index (κ3) is 3.22. The van der Waals surface area contributed by atoms with E-state index in [0.717, 1.165) is 24.9 Å². The number of hydrogen-bond acceptors (Lipinski definition) is 1. The summed E-state index contributed by atoms with van der Waals surface area (Å²) >= 11 is 0. The molecule has 102 valence electrons. The van der Waals surface area contributed by atoms with Gasteiger partial charge in [0.25, 0.3) is 0 Å². The molecular formula is C16H20FNO. The Kier molecular flexibility index (Phi) is 4.35. The molecule has 0 radical (unpaired) electrons. The Morgan fingerprint density at radius 3 is 3.00 bits per heavy atom. The Balaban J connectivity index is 2.11. The van der Waals surface area contributed by atoms with Gasteiger partial charge in [-0.15, -0.1) is 0 Å². The van der Waals surface area contributed by atoms with Crippen molar-refractivity contribution in [3.05, 3.63) is 41.7 Å². The van der Waals surface area contributed by atoms with Gasteiger partial charge in [-0.3, -0.25) is 4.79 Å². The Labute approximate surface area is 113 Å². The summed E-state index contributed by atoms with van der Waals surface area (Å²) in [5.74, 6) is -0.295. The van der Waals surface area contributed by atoms with Crippen molar-refractivity contribution in [2.24, 2.45) is 0 Å². The highest BCUT2D eigenvalue weighted by Crippen LogP contribution is 2.19. The van der Waals surface area contributed by atoms with Gasteiger partial charge in [0.15, 0.2) is 0 Å². The summed E-state index contributed by atoms with van der Waals surface area (Å²) < 4.78 is 13.7. The molecule has 1 amide bonds. The van der Waals surface area contributed by atoms with Crippen LogP contribution in [0, 0.1) is 5.82 Å². The maximum Gasteiger partial charge on any atom is 0.227 e. The summed E-state index contributed by atoms with van der Waals surface area (Å²) in [7, 11) is 0. The van der Waals surface area contributed by atoms with Crippen molar-refractivity contribution in [1.82, 2.24) is 4.90 Å². The summed E-state index contributed by atoms with van der Waals surface area (Å²) in [5.41, 5.74) is 1.30. The molecule has 0 saturated carbocycles. The quantitative estimate of drug-likeness (QED) is 0.816. The number of benzene rings is 1. The molecule has 0 bridgehead atoms. The van der Waals surface area contributed by atoms with Crippen LogP contribution in [0.5, 0.6) is 0 Å². The number of amides is 1. The molecule has 1 aliphatic rings. The van der Waals surface area contributed by atoms with Crippen LogP contribution < -0.4 is 0 Å². The molecule has 19 heavy (non-hydrogen) atoms. The zero-order valence-electron chi connectivity index (χ0n) is 11.4. The molecule has 0 aliphatic carbocycles. The summed E-state index contributed by atoms with van der Waals surface area (Å²) in [4.78, 5) is 14.1. The lowest BCUT2D eigenvalue weighted by Crippen LogP contribution is -2.42. The van der Waals surface area contributed by atoms with Crippen molar-refractivity contribution in [1.29, 1.82) is 0 Å². The lowest BCUT2D eigenvalue weighted by molar-refractivity contribution is -0.133. The fourth-order valence-corrected chi connectivity index (χ4v) is 2.59. The van der Waals surface area contributed by atoms with Crippen molar-refractivity contribution >= 4 is 12.0 Å². The van der Waals surface area contributed by atoms with E-state index in [9.17, 15) is 9.18 Å². The Morgan fingerprint density at radius 1 is 1.53 bits per heavy atom. The summed E-state index contributed by atoms with van der Waals surface area (Å²) in [6, 6.07) is 5.04. The fourth-order valence-electron chi connectivity index (χ4n) is 2.59. The van der Waals surface area contributed by atoms with Crippen LogP contribution in [0.25, 0.3) is 6.08 Å². The highest BCUT2D eigenvalue weighted by atomic mass is 19.1. The van der Waals surface area contributed by atoms with Gasteiger partial charge >= 0.3 is 0 Å². The first-order valence-electron chi connectivity index (χ1n) is 6.82. The minimum absolute atomic E-state index is 0.0207. The molecule has 1 aromatic rings. The molecule has 2 nitrogen and oxygen atoms in total. The molecule has 1 atom stereocenters. The minimum atomic E-state index is -0.316. The van der Waals surface area contributed by atoms with Gasteiger partial charge in [-0.2, -0.15) is 0 Å². The predicted octanol–water partition coefficient (Wildman–Crippen LogP) is 3.41. The van der Waals surface area contributed by atoms with E-state index < -0.39 is 0 Å². The molecule has 1 saturated heterocycles. The zero-order valence-corrected chi connectivity index (χ0v) is 11.4. The lowest BCUT2D eigenvalue weighted by atomic mass is 10.0. The van der Waals surface area contributed by atoms with Crippen LogP contribution in [0.15, 0.2) is 24.8 Å². The maximum atomic E-state index is 13.7. The van der Waals surface area contributed by atoms with Crippen molar-refractivity contribution < 1.29 is 9.18 Å². The van der Waals surface area contributed by atoms with Crippen LogP contribution in [-0.4, -0.2) is 23.4 Å². The highest BCUT2D eigenvalue weighted by Gasteiger charge is 2.23. The van der Waals surface area contributed by atoms with Crippen LogP contribution in [0.3, 0.4) is 0 Å². The summed E-state index contributed by atoms with van der Waals surface area (Å²) in [6.07, 6.45) is 5.06. The maximum absolute atomic E-state index is 13.7. The number of nitrogens with zero attached hydrogens (tertiary/aromatic N) is 1. The van der Waals surface area contributed by atoms with Crippen molar-refractivity contribution in [3.8, 4) is 0 Å². The second kappa shape index (κ2) is 6.00. The molecule has 2 rings (SSSR count). The first-order valence-corrected chi connectivity index (χ1v) is 6.82. The molecular weight excluding hydrogens is 241 g/mol. The Bertz CT molecular complexity index is 484. The second-order valence-corrected chi connectivity index (χ2v) is 5.16. The van der Waals surface area contributed by atoms with Gasteiger partial charge in [0, 0.05) is 12.6 Å². The fraction of sp³-hybridized carbons (Fsp3) is 0.438. The lowest BCUT2D eigenvalue weighted by Gasteiger charge is -2.33. The van der Waals surface area contributed by atoms with Crippen LogP contribution >= 0.6 is 0 Å². The normalized spacial score (nSPS) is 19.3. The van der Waals surface area contributed by atoms with E-state index in [1.54, 1.807) is 18.2 Å². The zero-order chi connectivity index (χ0) is 13.8. The summed E-state index contributed by atoms with van der Waals surface area (Å²) in [5, 5.41) is 0. The third-order valence-electron chi connectivity index (χ3n) is 3.77. The van der Waals surface area contributed by atoms with E-state index in [2.05, 4.69) is 13.5 Å². The Hall–Kier alpha value is -1.64. The molecule has 0 N–H and O–H groups in total. The average Bonchev–Trinajstić information content (AvgIpc) is 2.41. The molecule has 1 unspecified atom stereocenters. The molecule has 1 heterocycles. The number of piperidine rings is 1. The Morgan fingerprint density at radius 2 is 2.32 bits per heavy atom. The predicted molar refractivity (Wildman–Crippen MR) is 75.2 cm³/mol. The van der Waals surface area contributed by atoms with Gasteiger partial charge in [0.2, 0.25) is 5.91 Å². The van der Waals surface area contributed by atoms with Crippen LogP contribution in [0.1, 0.15) is 37.3 Å². The van der Waals surface area contributed by atoms with E-state index in [1.165, 1.54) is 12.5 Å². The van der Waals surface area contributed by atoms with E-state index >= 15 is 0 Å². The number of hydrogen-bond donors (Lipinski definition) is 0. The smallest absolute Gasteiger partial charge is 0.227 e. The monoisotopic (exact) mass is 261 g/mol. The number of halogens is 1. The second-order valence-electron chi connectivity index (χ2n) is 5.16. The third-order valence-corrected chi connectivity index (χ3v) is 3.77. The molecule has 1 fully saturated rings. The van der Waals surface area contributed by atoms with Crippen molar-refractivity contribution in [2.75, 3.05) is 6.54 Å². The topological polar surface area (TPSA) is 20.3 Å². The van der Waals surface area contributed by atoms with Gasteiger partial charge in [-0.05, 0) is 49.4 Å². The van der Waals surface area contributed by atoms with Crippen molar-refractivity contribution in [3.63, 3.8) is 0 Å². The van der Waals surface area contributed by atoms with Gasteiger partial charge in [-0.1, -0.05) is 18.7 Å². The van der Waals surface area contributed by atoms with E-state index in [1.807, 2.05) is 4.90 Å². The standard InChI is InChI=1S/C16H20FNO/c1-3-13-7-8-15(17)14(10-13)11-16(19)18-9-5-4-6-12(18)2/h3,7-8,10,12H,1,4-6,9,11H2,2H3. The SMILES string of the molecule is C=Cc1ccc(F)c(CC(=O)N2CCCCC2C)c1. The van der Waals surface area contributed by atoms with E-state index in [-0.39, 0.29) is 24.2 Å². The highest BCUT2D eigenvalue weighted by molar-refractivity contribution is 5.79. The summed E-state index contributed by atoms with van der Waals surface area (Å²) in [6.45, 7) is 6.52.